The fourth-order valence-corrected chi connectivity index (χ4v) is 2.65. The average Bonchev–Trinajstić information content (AvgIpc) is 2.51. The van der Waals surface area contributed by atoms with E-state index in [9.17, 15) is 14.0 Å². The fourth-order valence-electron chi connectivity index (χ4n) is 2.00. The van der Waals surface area contributed by atoms with E-state index < -0.39 is 11.8 Å². The highest BCUT2D eigenvalue weighted by atomic mass is 127. The largest absolute Gasteiger partial charge is 0.347 e. The zero-order valence-electron chi connectivity index (χ0n) is 12.5. The zero-order chi connectivity index (χ0) is 16.8. The van der Waals surface area contributed by atoms with E-state index in [1.807, 2.05) is 19.1 Å². The van der Waals surface area contributed by atoms with Gasteiger partial charge < -0.3 is 10.6 Å². The van der Waals surface area contributed by atoms with Crippen molar-refractivity contribution in [3.05, 3.63) is 63.0 Å². The molecule has 0 aliphatic rings. The number of aryl methyl sites for hydroxylation is 1. The average molecular weight is 426 g/mol. The van der Waals surface area contributed by atoms with Crippen molar-refractivity contribution in [3.63, 3.8) is 0 Å². The third kappa shape index (κ3) is 5.31. The van der Waals surface area contributed by atoms with Crippen molar-refractivity contribution in [2.24, 2.45) is 0 Å². The van der Waals surface area contributed by atoms with E-state index in [-0.39, 0.29) is 5.82 Å². The smallest absolute Gasteiger partial charge is 0.313 e. The molecule has 0 bridgehead atoms. The number of halogens is 2. The van der Waals surface area contributed by atoms with Gasteiger partial charge in [-0.1, -0.05) is 12.1 Å². The van der Waals surface area contributed by atoms with Crippen LogP contribution in [0, 0.1) is 16.3 Å². The fraction of sp³-hybridized carbons (Fsp3) is 0.176. The van der Waals surface area contributed by atoms with Crippen LogP contribution in [-0.2, 0) is 16.0 Å². The van der Waals surface area contributed by atoms with Crippen molar-refractivity contribution in [3.8, 4) is 0 Å². The number of anilines is 1. The number of carbonyl (C=O) groups excluding carboxylic acids is 2. The lowest BCUT2D eigenvalue weighted by atomic mass is 10.1. The minimum absolute atomic E-state index is 0.301. The van der Waals surface area contributed by atoms with Crippen LogP contribution in [-0.4, -0.2) is 18.4 Å². The van der Waals surface area contributed by atoms with Crippen LogP contribution < -0.4 is 10.6 Å². The Hall–Kier alpha value is -1.96. The number of nitrogens with one attached hydrogen (secondary N) is 2. The van der Waals surface area contributed by atoms with Gasteiger partial charge in [0.25, 0.3) is 0 Å². The lowest BCUT2D eigenvalue weighted by Gasteiger charge is -2.09. The molecule has 0 spiro atoms. The Morgan fingerprint density at radius 2 is 1.78 bits per heavy atom. The highest BCUT2D eigenvalue weighted by molar-refractivity contribution is 14.1. The molecule has 0 radical (unpaired) electrons. The first-order chi connectivity index (χ1) is 11.0. The normalized spacial score (nSPS) is 10.2. The van der Waals surface area contributed by atoms with E-state index in [1.165, 1.54) is 12.1 Å². The second-order valence-corrected chi connectivity index (χ2v) is 6.29. The Kier molecular flexibility index (Phi) is 6.09. The van der Waals surface area contributed by atoms with Gasteiger partial charge in [-0.2, -0.15) is 0 Å². The molecular weight excluding hydrogens is 410 g/mol. The van der Waals surface area contributed by atoms with Gasteiger partial charge in [0.1, 0.15) is 5.82 Å². The number of amides is 2. The molecule has 120 valence electrons. The molecule has 2 N–H and O–H groups in total. The second-order valence-electron chi connectivity index (χ2n) is 5.05. The summed E-state index contributed by atoms with van der Waals surface area (Å²) < 4.78 is 13.8. The summed E-state index contributed by atoms with van der Waals surface area (Å²) in [5.74, 6) is -1.69. The summed E-state index contributed by atoms with van der Waals surface area (Å²) in [5.41, 5.74) is 2.40. The minimum atomic E-state index is -0.701. The molecule has 0 aromatic heterocycles. The summed E-state index contributed by atoms with van der Waals surface area (Å²) >= 11 is 2.18. The maximum absolute atomic E-state index is 12.8. The summed E-state index contributed by atoms with van der Waals surface area (Å²) in [6.45, 7) is 2.17. The molecule has 2 amide bonds. The van der Waals surface area contributed by atoms with Crippen molar-refractivity contribution in [1.82, 2.24) is 5.32 Å². The summed E-state index contributed by atoms with van der Waals surface area (Å²) in [6, 6.07) is 11.6. The predicted octanol–water partition coefficient (Wildman–Crippen LogP) is 3.04. The van der Waals surface area contributed by atoms with Crippen molar-refractivity contribution in [2.45, 2.75) is 13.3 Å². The first kappa shape index (κ1) is 17.4. The predicted molar refractivity (Wildman–Crippen MR) is 95.6 cm³/mol. The Morgan fingerprint density at radius 3 is 2.43 bits per heavy atom. The Morgan fingerprint density at radius 1 is 1.09 bits per heavy atom. The molecule has 0 unspecified atom stereocenters. The van der Waals surface area contributed by atoms with E-state index in [0.717, 1.165) is 14.7 Å². The molecule has 2 rings (SSSR count). The molecule has 0 aliphatic carbocycles. The third-order valence-electron chi connectivity index (χ3n) is 3.26. The van der Waals surface area contributed by atoms with Gasteiger partial charge in [0.05, 0.1) is 0 Å². The van der Waals surface area contributed by atoms with Gasteiger partial charge in [-0.05, 0) is 77.4 Å². The van der Waals surface area contributed by atoms with Crippen LogP contribution in [0.4, 0.5) is 10.1 Å². The molecule has 0 heterocycles. The van der Waals surface area contributed by atoms with Gasteiger partial charge in [-0.3, -0.25) is 9.59 Å². The molecule has 0 saturated carbocycles. The SMILES string of the molecule is Cc1cc(I)ccc1NC(=O)C(=O)NCCc1ccc(F)cc1. The highest BCUT2D eigenvalue weighted by Crippen LogP contribution is 2.17. The molecule has 2 aromatic carbocycles. The van der Waals surface area contributed by atoms with Gasteiger partial charge >= 0.3 is 11.8 Å². The van der Waals surface area contributed by atoms with Crippen molar-refractivity contribution in [1.29, 1.82) is 0 Å². The lowest BCUT2D eigenvalue weighted by Crippen LogP contribution is -2.36. The maximum Gasteiger partial charge on any atom is 0.313 e. The number of hydrogen-bond acceptors (Lipinski definition) is 2. The Labute approximate surface area is 147 Å². The second kappa shape index (κ2) is 8.05. The highest BCUT2D eigenvalue weighted by Gasteiger charge is 2.14. The van der Waals surface area contributed by atoms with Crippen LogP contribution in [0.15, 0.2) is 42.5 Å². The number of benzene rings is 2. The molecule has 0 fully saturated rings. The van der Waals surface area contributed by atoms with Gasteiger partial charge in [-0.25, -0.2) is 4.39 Å². The molecule has 0 saturated heterocycles. The van der Waals surface area contributed by atoms with Crippen LogP contribution in [0.5, 0.6) is 0 Å². The number of hydrogen-bond donors (Lipinski definition) is 2. The summed E-state index contributed by atoms with van der Waals surface area (Å²) in [4.78, 5) is 23.6. The van der Waals surface area contributed by atoms with Gasteiger partial charge in [0.15, 0.2) is 0 Å². The zero-order valence-corrected chi connectivity index (χ0v) is 14.7. The topological polar surface area (TPSA) is 58.2 Å². The monoisotopic (exact) mass is 426 g/mol. The van der Waals surface area contributed by atoms with Crippen molar-refractivity contribution >= 4 is 40.1 Å². The van der Waals surface area contributed by atoms with Crippen molar-refractivity contribution < 1.29 is 14.0 Å². The third-order valence-corrected chi connectivity index (χ3v) is 3.93. The number of rotatable bonds is 4. The van der Waals surface area contributed by atoms with Crippen LogP contribution in [0.1, 0.15) is 11.1 Å². The van der Waals surface area contributed by atoms with Crippen LogP contribution in [0.2, 0.25) is 0 Å². The van der Waals surface area contributed by atoms with E-state index >= 15 is 0 Å². The minimum Gasteiger partial charge on any atom is -0.347 e. The molecule has 0 aliphatic heterocycles. The molecular formula is C17H16FIN2O2. The summed E-state index contributed by atoms with van der Waals surface area (Å²) in [7, 11) is 0. The van der Waals surface area contributed by atoms with E-state index in [2.05, 4.69) is 33.2 Å². The molecule has 2 aromatic rings. The maximum atomic E-state index is 12.8. The van der Waals surface area contributed by atoms with Gasteiger partial charge in [0.2, 0.25) is 0 Å². The molecule has 4 nitrogen and oxygen atoms in total. The standard InChI is InChI=1S/C17H16FIN2O2/c1-11-10-14(19)6-7-15(11)21-17(23)16(22)20-9-8-12-2-4-13(18)5-3-12/h2-7,10H,8-9H2,1H3,(H,20,22)(H,21,23). The van der Waals surface area contributed by atoms with Gasteiger partial charge in [0, 0.05) is 15.8 Å². The number of carbonyl (C=O) groups is 2. The lowest BCUT2D eigenvalue weighted by molar-refractivity contribution is -0.136. The Bertz CT molecular complexity index is 717. The summed E-state index contributed by atoms with van der Waals surface area (Å²) in [6.07, 6.45) is 0.530. The van der Waals surface area contributed by atoms with Crippen LogP contribution >= 0.6 is 22.6 Å². The van der Waals surface area contributed by atoms with E-state index in [0.29, 0.717) is 18.7 Å². The quantitative estimate of drug-likeness (QED) is 0.584. The molecule has 6 heteroatoms. The van der Waals surface area contributed by atoms with Gasteiger partial charge in [-0.15, -0.1) is 0 Å². The Balaban J connectivity index is 1.83. The van der Waals surface area contributed by atoms with E-state index in [4.69, 9.17) is 0 Å². The first-order valence-electron chi connectivity index (χ1n) is 7.05. The first-order valence-corrected chi connectivity index (χ1v) is 8.13. The van der Waals surface area contributed by atoms with E-state index in [1.54, 1.807) is 18.2 Å². The molecule has 0 atom stereocenters. The molecule has 23 heavy (non-hydrogen) atoms. The van der Waals surface area contributed by atoms with Crippen molar-refractivity contribution in [2.75, 3.05) is 11.9 Å². The summed E-state index contributed by atoms with van der Waals surface area (Å²) in [5, 5.41) is 5.14. The van der Waals surface area contributed by atoms with Crippen LogP contribution in [0.25, 0.3) is 0 Å². The van der Waals surface area contributed by atoms with Crippen LogP contribution in [0.3, 0.4) is 0 Å².